The fraction of sp³-hybridized carbons (Fsp3) is 0.200. The van der Waals surface area contributed by atoms with E-state index in [1.807, 2.05) is 54.6 Å². The van der Waals surface area contributed by atoms with Gasteiger partial charge in [-0.15, -0.1) is 12.4 Å². The highest BCUT2D eigenvalue weighted by molar-refractivity contribution is 5.89. The molecule has 0 bridgehead atoms. The molecule has 7 heteroatoms. The molecule has 0 radical (unpaired) electrons. The van der Waals surface area contributed by atoms with Crippen LogP contribution in [0.15, 0.2) is 124 Å². The van der Waals surface area contributed by atoms with Crippen LogP contribution in [0.5, 0.6) is 5.75 Å². The van der Waals surface area contributed by atoms with E-state index in [1.165, 1.54) is 11.6 Å². The number of esters is 1. The number of nitrogens with zero attached hydrogens (tertiary/aromatic N) is 1. The van der Waals surface area contributed by atoms with Crippen LogP contribution >= 0.6 is 12.4 Å². The number of ether oxygens (including phenoxy) is 2. The second-order valence-corrected chi connectivity index (χ2v) is 10.2. The van der Waals surface area contributed by atoms with E-state index >= 15 is 0 Å². The van der Waals surface area contributed by atoms with Gasteiger partial charge in [0, 0.05) is 30.8 Å². The van der Waals surface area contributed by atoms with Crippen molar-refractivity contribution in [2.24, 2.45) is 0 Å². The summed E-state index contributed by atoms with van der Waals surface area (Å²) in [5, 5.41) is 0.424. The molecule has 0 aliphatic rings. The maximum atomic E-state index is 13.1. The monoisotopic (exact) mass is 583 g/mol. The summed E-state index contributed by atoms with van der Waals surface area (Å²) in [4.78, 5) is 28.3. The molecule has 42 heavy (non-hydrogen) atoms. The van der Waals surface area contributed by atoms with Crippen LogP contribution in [0.4, 0.5) is 0 Å². The van der Waals surface area contributed by atoms with Crippen molar-refractivity contribution in [2.45, 2.75) is 32.5 Å². The van der Waals surface area contributed by atoms with Crippen molar-refractivity contribution < 1.29 is 18.7 Å². The first-order valence-corrected chi connectivity index (χ1v) is 13.8. The number of benzene rings is 4. The molecule has 0 amide bonds. The van der Waals surface area contributed by atoms with Gasteiger partial charge in [0.1, 0.15) is 18.5 Å². The molecule has 5 rings (SSSR count). The van der Waals surface area contributed by atoms with Crippen LogP contribution in [0.2, 0.25) is 0 Å². The van der Waals surface area contributed by atoms with Crippen LogP contribution < -0.4 is 10.2 Å². The van der Waals surface area contributed by atoms with Crippen LogP contribution in [0.3, 0.4) is 0 Å². The number of carbonyl (C=O) groups is 1. The van der Waals surface area contributed by atoms with Crippen molar-refractivity contribution in [3.63, 3.8) is 0 Å². The summed E-state index contributed by atoms with van der Waals surface area (Å²) in [5.41, 5.74) is 2.64. The zero-order valence-electron chi connectivity index (χ0n) is 23.6. The third-order valence-electron chi connectivity index (χ3n) is 6.88. The number of hydrogen-bond donors (Lipinski definition) is 0. The molecule has 1 aromatic heterocycles. The van der Waals surface area contributed by atoms with Crippen LogP contribution in [0.1, 0.15) is 29.8 Å². The van der Waals surface area contributed by atoms with E-state index in [9.17, 15) is 9.59 Å². The van der Waals surface area contributed by atoms with Gasteiger partial charge >= 0.3 is 5.97 Å². The molecule has 216 valence electrons. The van der Waals surface area contributed by atoms with Gasteiger partial charge in [0.25, 0.3) is 0 Å². The summed E-state index contributed by atoms with van der Waals surface area (Å²) < 4.78 is 18.5. The van der Waals surface area contributed by atoms with Gasteiger partial charge in [0.05, 0.1) is 10.9 Å². The topological polar surface area (TPSA) is 69.0 Å². The molecule has 0 fully saturated rings. The summed E-state index contributed by atoms with van der Waals surface area (Å²) in [7, 11) is 0. The lowest BCUT2D eigenvalue weighted by Crippen LogP contribution is -2.41. The van der Waals surface area contributed by atoms with Crippen molar-refractivity contribution in [2.75, 3.05) is 13.2 Å². The minimum absolute atomic E-state index is 0. The minimum atomic E-state index is -0.590. The Hall–Kier alpha value is -4.39. The van der Waals surface area contributed by atoms with Crippen LogP contribution in [0.25, 0.3) is 22.3 Å². The fourth-order valence-electron chi connectivity index (χ4n) is 4.65. The Bertz CT molecular complexity index is 1640. The smallest absolute Gasteiger partial charge is 0.338 e. The highest BCUT2D eigenvalue weighted by atomic mass is 35.5. The second kappa shape index (κ2) is 14.5. The van der Waals surface area contributed by atoms with Crippen molar-refractivity contribution in [1.82, 2.24) is 4.90 Å². The van der Waals surface area contributed by atoms with Crippen molar-refractivity contribution in [3.05, 3.63) is 137 Å². The van der Waals surface area contributed by atoms with Crippen LogP contribution in [-0.2, 0) is 11.3 Å². The zero-order chi connectivity index (χ0) is 28.6. The fourth-order valence-corrected chi connectivity index (χ4v) is 4.65. The molecular weight excluding hydrogens is 550 g/mol. The largest absolute Gasteiger partial charge is 0.486 e. The van der Waals surface area contributed by atoms with Crippen molar-refractivity contribution >= 4 is 29.3 Å². The standard InChI is InChI=1S/C35H33NO5.ClH/c1-25(2)36(22-26-13-6-3-7-14-26)23-29(40-35(38)28-17-10-5-11-18-28)24-39-32-20-12-19-30-31(37)21-33(41-34(30)32)27-15-8-4-9-16-27;/h3-21,25,29H,22-24H2,1-2H3;1H. The van der Waals surface area contributed by atoms with Crippen LogP contribution in [0, 0.1) is 0 Å². The Morgan fingerprint density at radius 1 is 0.833 bits per heavy atom. The van der Waals surface area contributed by atoms with E-state index in [4.69, 9.17) is 13.9 Å². The first-order valence-electron chi connectivity index (χ1n) is 13.8. The molecule has 1 unspecified atom stereocenters. The minimum Gasteiger partial charge on any atom is -0.486 e. The molecule has 4 aromatic carbocycles. The number of fused-ring (bicyclic) bond motifs is 1. The molecule has 0 aliphatic carbocycles. The molecule has 0 saturated heterocycles. The molecule has 0 saturated carbocycles. The van der Waals surface area contributed by atoms with Gasteiger partial charge in [-0.3, -0.25) is 9.69 Å². The van der Waals surface area contributed by atoms with E-state index in [0.717, 1.165) is 5.56 Å². The molecule has 0 N–H and O–H groups in total. The lowest BCUT2D eigenvalue weighted by Gasteiger charge is -2.30. The summed E-state index contributed by atoms with van der Waals surface area (Å²) in [6.45, 7) is 5.46. The number of halogens is 1. The Labute approximate surface area is 251 Å². The summed E-state index contributed by atoms with van der Waals surface area (Å²) in [6, 6.07) is 35.5. The molecule has 0 aliphatic heterocycles. The van der Waals surface area contributed by atoms with E-state index in [2.05, 4.69) is 30.9 Å². The predicted octanol–water partition coefficient (Wildman–Crippen LogP) is 7.40. The normalized spacial score (nSPS) is 11.7. The number of para-hydroxylation sites is 1. The average molecular weight is 584 g/mol. The van der Waals surface area contributed by atoms with Gasteiger partial charge in [-0.1, -0.05) is 84.9 Å². The Balaban J connectivity index is 0.00000405. The molecular formula is C35H34ClNO5. The third-order valence-corrected chi connectivity index (χ3v) is 6.88. The summed E-state index contributed by atoms with van der Waals surface area (Å²) in [6.07, 6.45) is -0.590. The van der Waals surface area contributed by atoms with Gasteiger partial charge < -0.3 is 13.9 Å². The summed E-state index contributed by atoms with van der Waals surface area (Å²) in [5.74, 6) is 0.454. The SMILES string of the molecule is CC(C)N(Cc1ccccc1)CC(COc1cccc2c(=O)cc(-c3ccccc3)oc12)OC(=O)c1ccccc1.Cl. The average Bonchev–Trinajstić information content (AvgIpc) is 3.00. The number of rotatable bonds is 11. The highest BCUT2D eigenvalue weighted by Crippen LogP contribution is 2.29. The van der Waals surface area contributed by atoms with Gasteiger partial charge in [0.15, 0.2) is 16.8 Å². The highest BCUT2D eigenvalue weighted by Gasteiger charge is 2.23. The third kappa shape index (κ3) is 7.66. The number of carbonyl (C=O) groups excluding carboxylic acids is 1. The molecule has 6 nitrogen and oxygen atoms in total. The van der Waals surface area contributed by atoms with Gasteiger partial charge in [-0.25, -0.2) is 4.79 Å². The molecule has 0 spiro atoms. The molecule has 5 aromatic rings. The maximum absolute atomic E-state index is 13.1. The predicted molar refractivity (Wildman–Crippen MR) is 168 cm³/mol. The van der Waals surface area contributed by atoms with E-state index in [-0.39, 0.29) is 30.5 Å². The summed E-state index contributed by atoms with van der Waals surface area (Å²) >= 11 is 0. The van der Waals surface area contributed by atoms with Crippen molar-refractivity contribution in [3.8, 4) is 17.1 Å². The lowest BCUT2D eigenvalue weighted by atomic mass is 10.1. The number of hydrogen-bond acceptors (Lipinski definition) is 6. The Morgan fingerprint density at radius 3 is 2.14 bits per heavy atom. The Kier molecular flexibility index (Phi) is 10.5. The second-order valence-electron chi connectivity index (χ2n) is 10.2. The first-order chi connectivity index (χ1) is 20.0. The van der Waals surface area contributed by atoms with Gasteiger partial charge in [-0.2, -0.15) is 0 Å². The Morgan fingerprint density at radius 2 is 1.48 bits per heavy atom. The maximum Gasteiger partial charge on any atom is 0.338 e. The van der Waals surface area contributed by atoms with E-state index < -0.39 is 12.1 Å². The lowest BCUT2D eigenvalue weighted by molar-refractivity contribution is 0.00115. The first kappa shape index (κ1) is 30.6. The van der Waals surface area contributed by atoms with E-state index in [1.54, 1.807) is 42.5 Å². The molecule has 1 heterocycles. The van der Waals surface area contributed by atoms with Crippen LogP contribution in [-0.4, -0.2) is 36.2 Å². The molecule has 1 atom stereocenters. The van der Waals surface area contributed by atoms with Gasteiger partial charge in [0.2, 0.25) is 0 Å². The van der Waals surface area contributed by atoms with Gasteiger partial charge in [-0.05, 0) is 43.7 Å². The zero-order valence-corrected chi connectivity index (χ0v) is 24.5. The quantitative estimate of drug-likeness (QED) is 0.151. The van der Waals surface area contributed by atoms with Crippen molar-refractivity contribution in [1.29, 1.82) is 0 Å². The van der Waals surface area contributed by atoms with E-state index in [0.29, 0.717) is 41.1 Å².